The number of ether oxygens (including phenoxy) is 1. The first-order chi connectivity index (χ1) is 7.63. The first kappa shape index (κ1) is 11.0. The lowest BCUT2D eigenvalue weighted by atomic mass is 10.0. The van der Waals surface area contributed by atoms with Crippen molar-refractivity contribution in [3.8, 4) is 6.07 Å². The molecule has 1 aromatic carbocycles. The average Bonchev–Trinajstić information content (AvgIpc) is 2.28. The number of hydrogen-bond acceptors (Lipinski definition) is 3. The lowest BCUT2D eigenvalue weighted by Crippen LogP contribution is -2.53. The molecule has 0 atom stereocenters. The Bertz CT molecular complexity index is 420. The SMILES string of the molecule is CC1(C)COCCN1c1cccc(C#N)c1. The van der Waals surface area contributed by atoms with E-state index in [4.69, 9.17) is 10.00 Å². The van der Waals surface area contributed by atoms with E-state index in [0.29, 0.717) is 5.56 Å². The fourth-order valence-corrected chi connectivity index (χ4v) is 2.08. The van der Waals surface area contributed by atoms with Crippen LogP contribution in [0.1, 0.15) is 19.4 Å². The van der Waals surface area contributed by atoms with Crippen LogP contribution in [0, 0.1) is 11.3 Å². The Balaban J connectivity index is 2.32. The maximum atomic E-state index is 8.90. The van der Waals surface area contributed by atoms with Gasteiger partial charge in [0.15, 0.2) is 0 Å². The Morgan fingerprint density at radius 1 is 1.44 bits per heavy atom. The molecule has 3 nitrogen and oxygen atoms in total. The Hall–Kier alpha value is -1.53. The molecule has 1 fully saturated rings. The number of anilines is 1. The number of morpholine rings is 1. The summed E-state index contributed by atoms with van der Waals surface area (Å²) in [4.78, 5) is 2.30. The third kappa shape index (κ3) is 2.02. The first-order valence-corrected chi connectivity index (χ1v) is 5.49. The molecular formula is C13H16N2O. The van der Waals surface area contributed by atoms with Crippen LogP contribution in [0.4, 0.5) is 5.69 Å². The summed E-state index contributed by atoms with van der Waals surface area (Å²) in [5, 5.41) is 8.90. The monoisotopic (exact) mass is 216 g/mol. The highest BCUT2D eigenvalue weighted by atomic mass is 16.5. The second kappa shape index (κ2) is 4.15. The third-order valence-corrected chi connectivity index (χ3v) is 2.93. The molecule has 0 saturated carbocycles. The molecule has 1 aromatic rings. The van der Waals surface area contributed by atoms with Crippen molar-refractivity contribution in [3.05, 3.63) is 29.8 Å². The maximum Gasteiger partial charge on any atom is 0.0992 e. The standard InChI is InChI=1S/C13H16N2O/c1-13(2)10-16-7-6-15(13)12-5-3-4-11(8-12)9-14/h3-5,8H,6-7,10H2,1-2H3. The van der Waals surface area contributed by atoms with Gasteiger partial charge in [-0.1, -0.05) is 6.07 Å². The van der Waals surface area contributed by atoms with Crippen LogP contribution in [0.15, 0.2) is 24.3 Å². The summed E-state index contributed by atoms with van der Waals surface area (Å²) in [7, 11) is 0. The minimum Gasteiger partial charge on any atom is -0.377 e. The zero-order chi connectivity index (χ0) is 11.6. The van der Waals surface area contributed by atoms with Gasteiger partial charge < -0.3 is 9.64 Å². The van der Waals surface area contributed by atoms with Gasteiger partial charge in [0, 0.05) is 12.2 Å². The number of nitrogens with zero attached hydrogens (tertiary/aromatic N) is 2. The van der Waals surface area contributed by atoms with Crippen LogP contribution < -0.4 is 4.90 Å². The molecule has 0 unspecified atom stereocenters. The van der Waals surface area contributed by atoms with E-state index < -0.39 is 0 Å². The van der Waals surface area contributed by atoms with E-state index in [1.807, 2.05) is 24.3 Å². The molecule has 0 bridgehead atoms. The number of benzene rings is 1. The maximum absolute atomic E-state index is 8.90. The summed E-state index contributed by atoms with van der Waals surface area (Å²) in [6, 6.07) is 9.92. The summed E-state index contributed by atoms with van der Waals surface area (Å²) in [5.74, 6) is 0. The molecule has 3 heteroatoms. The largest absolute Gasteiger partial charge is 0.377 e. The smallest absolute Gasteiger partial charge is 0.0992 e. The van der Waals surface area contributed by atoms with Crippen molar-refractivity contribution in [2.24, 2.45) is 0 Å². The quantitative estimate of drug-likeness (QED) is 0.722. The van der Waals surface area contributed by atoms with Gasteiger partial charge in [0.05, 0.1) is 30.4 Å². The number of rotatable bonds is 1. The lowest BCUT2D eigenvalue weighted by molar-refractivity contribution is 0.0644. The van der Waals surface area contributed by atoms with E-state index in [2.05, 4.69) is 24.8 Å². The van der Waals surface area contributed by atoms with Crippen LogP contribution in [0.5, 0.6) is 0 Å². The van der Waals surface area contributed by atoms with Crippen LogP contribution in [0.3, 0.4) is 0 Å². The van der Waals surface area contributed by atoms with Gasteiger partial charge in [0.1, 0.15) is 0 Å². The molecule has 0 aromatic heterocycles. The summed E-state index contributed by atoms with van der Waals surface area (Å²) in [6.45, 7) is 6.67. The minimum atomic E-state index is -0.00761. The Kier molecular flexibility index (Phi) is 2.84. The second-order valence-corrected chi connectivity index (χ2v) is 4.68. The lowest BCUT2D eigenvalue weighted by Gasteiger charge is -2.43. The van der Waals surface area contributed by atoms with Crippen LogP contribution in [0.2, 0.25) is 0 Å². The van der Waals surface area contributed by atoms with Gasteiger partial charge in [-0.2, -0.15) is 5.26 Å². The van der Waals surface area contributed by atoms with Gasteiger partial charge in [-0.15, -0.1) is 0 Å². The Morgan fingerprint density at radius 2 is 2.25 bits per heavy atom. The van der Waals surface area contributed by atoms with Gasteiger partial charge in [-0.25, -0.2) is 0 Å². The van der Waals surface area contributed by atoms with Crippen molar-refractivity contribution in [1.82, 2.24) is 0 Å². The summed E-state index contributed by atoms with van der Waals surface area (Å²) >= 11 is 0. The highest BCUT2D eigenvalue weighted by Gasteiger charge is 2.30. The number of nitriles is 1. The zero-order valence-corrected chi connectivity index (χ0v) is 9.73. The van der Waals surface area contributed by atoms with E-state index in [-0.39, 0.29) is 5.54 Å². The average molecular weight is 216 g/mol. The molecule has 2 rings (SSSR count). The molecule has 0 aliphatic carbocycles. The predicted molar refractivity (Wildman–Crippen MR) is 63.4 cm³/mol. The molecule has 1 aliphatic rings. The summed E-state index contributed by atoms with van der Waals surface area (Å²) < 4.78 is 5.49. The summed E-state index contributed by atoms with van der Waals surface area (Å²) in [6.07, 6.45) is 0. The van der Waals surface area contributed by atoms with Crippen molar-refractivity contribution in [2.75, 3.05) is 24.7 Å². The molecule has 0 radical (unpaired) electrons. The fourth-order valence-electron chi connectivity index (χ4n) is 2.08. The van der Waals surface area contributed by atoms with E-state index in [9.17, 15) is 0 Å². The van der Waals surface area contributed by atoms with Gasteiger partial charge in [-0.05, 0) is 32.0 Å². The minimum absolute atomic E-state index is 0.00761. The van der Waals surface area contributed by atoms with Crippen molar-refractivity contribution in [3.63, 3.8) is 0 Å². The van der Waals surface area contributed by atoms with Crippen molar-refractivity contribution >= 4 is 5.69 Å². The van der Waals surface area contributed by atoms with Gasteiger partial charge in [0.25, 0.3) is 0 Å². The molecule has 0 spiro atoms. The molecule has 1 heterocycles. The highest BCUT2D eigenvalue weighted by molar-refractivity contribution is 5.53. The molecular weight excluding hydrogens is 200 g/mol. The molecule has 1 aliphatic heterocycles. The predicted octanol–water partition coefficient (Wildman–Crippen LogP) is 2.17. The second-order valence-electron chi connectivity index (χ2n) is 4.68. The number of hydrogen-bond donors (Lipinski definition) is 0. The summed E-state index contributed by atoms with van der Waals surface area (Å²) in [5.41, 5.74) is 1.80. The van der Waals surface area contributed by atoms with Crippen molar-refractivity contribution in [2.45, 2.75) is 19.4 Å². The normalized spacial score (nSPS) is 19.2. The Labute approximate surface area is 96.2 Å². The van der Waals surface area contributed by atoms with Crippen molar-refractivity contribution < 1.29 is 4.74 Å². The first-order valence-electron chi connectivity index (χ1n) is 5.49. The van der Waals surface area contributed by atoms with Crippen molar-refractivity contribution in [1.29, 1.82) is 5.26 Å². The fraction of sp³-hybridized carbons (Fsp3) is 0.462. The third-order valence-electron chi connectivity index (χ3n) is 2.93. The Morgan fingerprint density at radius 3 is 2.94 bits per heavy atom. The van der Waals surface area contributed by atoms with Crippen LogP contribution in [-0.2, 0) is 4.74 Å². The van der Waals surface area contributed by atoms with Crippen LogP contribution >= 0.6 is 0 Å². The molecule has 0 N–H and O–H groups in total. The zero-order valence-electron chi connectivity index (χ0n) is 9.73. The van der Waals surface area contributed by atoms with E-state index in [1.54, 1.807) is 0 Å². The highest BCUT2D eigenvalue weighted by Crippen LogP contribution is 2.27. The molecule has 1 saturated heterocycles. The van der Waals surface area contributed by atoms with Gasteiger partial charge in [0.2, 0.25) is 0 Å². The van der Waals surface area contributed by atoms with E-state index in [1.165, 1.54) is 0 Å². The molecule has 84 valence electrons. The topological polar surface area (TPSA) is 36.3 Å². The molecule has 0 amide bonds. The molecule has 16 heavy (non-hydrogen) atoms. The van der Waals surface area contributed by atoms with Crippen LogP contribution in [-0.4, -0.2) is 25.3 Å². The van der Waals surface area contributed by atoms with Gasteiger partial charge >= 0.3 is 0 Å². The van der Waals surface area contributed by atoms with Crippen LogP contribution in [0.25, 0.3) is 0 Å². The van der Waals surface area contributed by atoms with E-state index in [0.717, 1.165) is 25.4 Å². The van der Waals surface area contributed by atoms with Gasteiger partial charge in [-0.3, -0.25) is 0 Å². The van der Waals surface area contributed by atoms with E-state index >= 15 is 0 Å².